The Labute approximate surface area is 76.3 Å². The molecule has 0 atom stereocenters. The number of ether oxygens (including phenoxy) is 2. The van der Waals surface area contributed by atoms with E-state index >= 15 is 0 Å². The summed E-state index contributed by atoms with van der Waals surface area (Å²) in [6.07, 6.45) is 2.34. The largest absolute Gasteiger partial charge is 0.493 e. The summed E-state index contributed by atoms with van der Waals surface area (Å²) in [6, 6.07) is 5.17. The Morgan fingerprint density at radius 3 is 2.85 bits per heavy atom. The van der Waals surface area contributed by atoms with Crippen LogP contribution in [0.15, 0.2) is 12.1 Å². The van der Waals surface area contributed by atoms with Crippen LogP contribution < -0.4 is 9.47 Å². The van der Waals surface area contributed by atoms with Gasteiger partial charge in [-0.25, -0.2) is 4.39 Å². The zero-order valence-corrected chi connectivity index (χ0v) is 7.34. The van der Waals surface area contributed by atoms with E-state index in [0.29, 0.717) is 11.5 Å². The Morgan fingerprint density at radius 2 is 2.23 bits per heavy atom. The van der Waals surface area contributed by atoms with Gasteiger partial charge in [-0.15, -0.1) is 0 Å². The lowest BCUT2D eigenvalue weighted by atomic mass is 10.3. The Hall–Kier alpha value is -1.25. The van der Waals surface area contributed by atoms with Crippen LogP contribution in [0.5, 0.6) is 11.5 Å². The third-order valence-electron chi connectivity index (χ3n) is 1.88. The lowest BCUT2D eigenvalue weighted by molar-refractivity contribution is 0.280. The molecular weight excluding hydrogens is 171 g/mol. The fraction of sp³-hybridized carbons (Fsp3) is 0.400. The summed E-state index contributed by atoms with van der Waals surface area (Å²) < 4.78 is 23.2. The first-order chi connectivity index (χ1) is 6.29. The highest BCUT2D eigenvalue weighted by Crippen LogP contribution is 2.33. The highest BCUT2D eigenvalue weighted by Gasteiger charge is 2.25. The van der Waals surface area contributed by atoms with Crippen LogP contribution in [0.4, 0.5) is 4.39 Å². The third-order valence-corrected chi connectivity index (χ3v) is 1.88. The van der Waals surface area contributed by atoms with Crippen molar-refractivity contribution in [2.24, 2.45) is 0 Å². The molecule has 1 aliphatic carbocycles. The molecule has 0 heterocycles. The van der Waals surface area contributed by atoms with Crippen LogP contribution in [-0.2, 0) is 0 Å². The van der Waals surface area contributed by atoms with Gasteiger partial charge in [-0.1, -0.05) is 0 Å². The summed E-state index contributed by atoms with van der Waals surface area (Å²) in [5.74, 6) is 0.589. The van der Waals surface area contributed by atoms with E-state index in [1.54, 1.807) is 0 Å². The fourth-order valence-corrected chi connectivity index (χ4v) is 1.05. The molecule has 0 N–H and O–H groups in total. The maximum absolute atomic E-state index is 12.8. The standard InChI is InChI=1S/C10H10FO2/c1-12-9-5-2-7(11)6-10(9)13-8-3-4-8/h5-6,8H,3-4H2,1H3. The van der Waals surface area contributed by atoms with E-state index < -0.39 is 5.82 Å². The molecule has 0 aliphatic heterocycles. The molecule has 0 unspecified atom stereocenters. The van der Waals surface area contributed by atoms with Gasteiger partial charge in [0.2, 0.25) is 0 Å². The number of halogens is 1. The van der Waals surface area contributed by atoms with Gasteiger partial charge in [0.15, 0.2) is 11.5 Å². The topological polar surface area (TPSA) is 18.5 Å². The first kappa shape index (κ1) is 8.35. The molecule has 0 spiro atoms. The van der Waals surface area contributed by atoms with E-state index in [1.807, 2.05) is 0 Å². The van der Waals surface area contributed by atoms with Crippen molar-refractivity contribution >= 4 is 0 Å². The minimum Gasteiger partial charge on any atom is -0.493 e. The minimum atomic E-state index is -0.420. The van der Waals surface area contributed by atoms with Gasteiger partial charge in [0, 0.05) is 12.1 Å². The molecule has 3 heteroatoms. The minimum absolute atomic E-state index is 0.246. The number of hydrogen-bond donors (Lipinski definition) is 0. The second-order valence-corrected chi connectivity index (χ2v) is 3.03. The van der Waals surface area contributed by atoms with Crippen LogP contribution >= 0.6 is 0 Å². The van der Waals surface area contributed by atoms with E-state index in [2.05, 4.69) is 6.07 Å². The van der Waals surface area contributed by atoms with Crippen molar-refractivity contribution in [2.75, 3.05) is 7.11 Å². The lowest BCUT2D eigenvalue weighted by Crippen LogP contribution is -1.98. The zero-order valence-electron chi connectivity index (χ0n) is 7.34. The van der Waals surface area contributed by atoms with Gasteiger partial charge in [0.25, 0.3) is 0 Å². The second-order valence-electron chi connectivity index (χ2n) is 3.03. The Morgan fingerprint density at radius 1 is 1.46 bits per heavy atom. The van der Waals surface area contributed by atoms with Crippen LogP contribution in [0.2, 0.25) is 0 Å². The smallest absolute Gasteiger partial charge is 0.164 e. The predicted molar refractivity (Wildman–Crippen MR) is 45.4 cm³/mol. The molecule has 1 radical (unpaired) electrons. The zero-order chi connectivity index (χ0) is 9.26. The molecule has 1 aliphatic rings. The monoisotopic (exact) mass is 181 g/mol. The Balaban J connectivity index is 2.22. The molecule has 2 rings (SSSR count). The van der Waals surface area contributed by atoms with Crippen molar-refractivity contribution in [3.8, 4) is 11.5 Å². The SMILES string of the molecule is COc1c[c]c(F)cc1OC1CC1. The highest BCUT2D eigenvalue weighted by molar-refractivity contribution is 5.39. The summed E-state index contributed by atoms with van der Waals surface area (Å²) in [5.41, 5.74) is 0. The molecule has 1 saturated carbocycles. The van der Waals surface area contributed by atoms with Crippen molar-refractivity contribution < 1.29 is 13.9 Å². The third kappa shape index (κ3) is 1.91. The van der Waals surface area contributed by atoms with Crippen molar-refractivity contribution in [2.45, 2.75) is 18.9 Å². The van der Waals surface area contributed by atoms with E-state index in [0.717, 1.165) is 12.8 Å². The van der Waals surface area contributed by atoms with E-state index in [9.17, 15) is 4.39 Å². The highest BCUT2D eigenvalue weighted by atomic mass is 19.1. The molecule has 0 amide bonds. The molecule has 0 aromatic heterocycles. The van der Waals surface area contributed by atoms with Crippen LogP contribution in [0.25, 0.3) is 0 Å². The number of methoxy groups -OCH3 is 1. The quantitative estimate of drug-likeness (QED) is 0.711. The number of hydrogen-bond acceptors (Lipinski definition) is 2. The fourth-order valence-electron chi connectivity index (χ4n) is 1.05. The number of rotatable bonds is 3. The molecule has 1 aromatic carbocycles. The maximum Gasteiger partial charge on any atom is 0.164 e. The summed E-state index contributed by atoms with van der Waals surface area (Å²) >= 11 is 0. The molecule has 13 heavy (non-hydrogen) atoms. The normalized spacial score (nSPS) is 15.5. The van der Waals surface area contributed by atoms with Gasteiger partial charge < -0.3 is 9.47 Å². The Bertz CT molecular complexity index is 308. The molecule has 1 fully saturated rings. The lowest BCUT2D eigenvalue weighted by Gasteiger charge is -2.08. The van der Waals surface area contributed by atoms with Crippen LogP contribution in [0.1, 0.15) is 12.8 Å². The molecule has 1 aromatic rings. The van der Waals surface area contributed by atoms with Crippen LogP contribution in [0, 0.1) is 11.9 Å². The van der Waals surface area contributed by atoms with E-state index in [-0.39, 0.29) is 6.10 Å². The molecule has 69 valence electrons. The molecule has 0 bridgehead atoms. The van der Waals surface area contributed by atoms with Crippen molar-refractivity contribution in [1.82, 2.24) is 0 Å². The van der Waals surface area contributed by atoms with Gasteiger partial charge in [0.05, 0.1) is 13.2 Å². The summed E-state index contributed by atoms with van der Waals surface area (Å²) in [4.78, 5) is 0. The maximum atomic E-state index is 12.8. The summed E-state index contributed by atoms with van der Waals surface area (Å²) in [6.45, 7) is 0. The van der Waals surface area contributed by atoms with Crippen molar-refractivity contribution in [3.63, 3.8) is 0 Å². The second kappa shape index (κ2) is 3.24. The van der Waals surface area contributed by atoms with Crippen LogP contribution in [-0.4, -0.2) is 13.2 Å². The van der Waals surface area contributed by atoms with E-state index in [4.69, 9.17) is 9.47 Å². The first-order valence-electron chi connectivity index (χ1n) is 4.21. The van der Waals surface area contributed by atoms with Crippen molar-refractivity contribution in [1.29, 1.82) is 0 Å². The first-order valence-corrected chi connectivity index (χ1v) is 4.21. The van der Waals surface area contributed by atoms with Gasteiger partial charge in [-0.3, -0.25) is 0 Å². The van der Waals surface area contributed by atoms with Crippen molar-refractivity contribution in [3.05, 3.63) is 24.0 Å². The van der Waals surface area contributed by atoms with Gasteiger partial charge >= 0.3 is 0 Å². The Kier molecular flexibility index (Phi) is 2.08. The molecule has 2 nitrogen and oxygen atoms in total. The van der Waals surface area contributed by atoms with Crippen LogP contribution in [0.3, 0.4) is 0 Å². The molecule has 0 saturated heterocycles. The summed E-state index contributed by atoms with van der Waals surface area (Å²) in [5, 5.41) is 0. The van der Waals surface area contributed by atoms with Gasteiger partial charge in [-0.05, 0) is 18.9 Å². The summed E-state index contributed by atoms with van der Waals surface area (Å²) in [7, 11) is 1.53. The van der Waals surface area contributed by atoms with Gasteiger partial charge in [-0.2, -0.15) is 0 Å². The number of benzene rings is 1. The van der Waals surface area contributed by atoms with Gasteiger partial charge in [0.1, 0.15) is 5.82 Å². The molecular formula is C10H10FO2. The predicted octanol–water partition coefficient (Wildman–Crippen LogP) is 2.18. The van der Waals surface area contributed by atoms with E-state index in [1.165, 1.54) is 19.2 Å². The average Bonchev–Trinajstić information content (AvgIpc) is 2.89. The average molecular weight is 181 g/mol.